The molecular weight excluding hydrogens is 336 g/mol. The van der Waals surface area contributed by atoms with Crippen molar-refractivity contribution >= 4 is 15.7 Å². The molecule has 6 heteroatoms. The van der Waals surface area contributed by atoms with E-state index in [-0.39, 0.29) is 6.42 Å². The summed E-state index contributed by atoms with van der Waals surface area (Å²) in [7, 11) is -3.33. The van der Waals surface area contributed by atoms with Gasteiger partial charge in [0.1, 0.15) is 0 Å². The highest BCUT2D eigenvalue weighted by Gasteiger charge is 2.10. The minimum absolute atomic E-state index is 0.241. The summed E-state index contributed by atoms with van der Waals surface area (Å²) in [4.78, 5) is 1.89. The predicted molar refractivity (Wildman–Crippen MR) is 105 cm³/mol. The molecule has 25 heavy (non-hydrogen) atoms. The third-order valence-electron chi connectivity index (χ3n) is 3.92. The molecule has 2 N–H and O–H groups in total. The highest BCUT2D eigenvalue weighted by molar-refractivity contribution is 7.92. The Balaban J connectivity index is 2.67. The second-order valence-electron chi connectivity index (χ2n) is 6.40. The Bertz CT molecular complexity index is 643. The van der Waals surface area contributed by atoms with Gasteiger partial charge < -0.3 is 10.0 Å². The standard InChI is InChI=1S/C19H34N2O3S/c1-4-6-14-21(15-7-5-2)16-8-9-19(22)17-10-12-18(13-11-17)20-25(3,23)24/h10-13,19-20,22H,4-9,14-16H2,1-3H3/t19-/m0/s1/i16T2. The molecule has 0 spiro atoms. The number of benzene rings is 1. The van der Waals surface area contributed by atoms with Crippen LogP contribution in [0.25, 0.3) is 0 Å². The predicted octanol–water partition coefficient (Wildman–Crippen LogP) is 3.77. The Morgan fingerprint density at radius 2 is 1.68 bits per heavy atom. The van der Waals surface area contributed by atoms with Gasteiger partial charge in [0.15, 0.2) is 0 Å². The number of rotatable bonds is 13. The molecule has 1 aromatic rings. The highest BCUT2D eigenvalue weighted by Crippen LogP contribution is 2.21. The van der Waals surface area contributed by atoms with Gasteiger partial charge in [0, 0.05) is 8.43 Å². The maximum absolute atomic E-state index is 11.2. The quantitative estimate of drug-likeness (QED) is 0.551. The maximum Gasteiger partial charge on any atom is 0.229 e. The molecule has 0 saturated heterocycles. The topological polar surface area (TPSA) is 69.6 Å². The Morgan fingerprint density at radius 1 is 1.12 bits per heavy atom. The van der Waals surface area contributed by atoms with E-state index in [1.54, 1.807) is 24.3 Å². The summed E-state index contributed by atoms with van der Waals surface area (Å²) in [6, 6.07) is 6.53. The molecule has 0 aliphatic carbocycles. The molecule has 1 rings (SSSR count). The first-order valence-corrected chi connectivity index (χ1v) is 11.0. The lowest BCUT2D eigenvalue weighted by atomic mass is 10.0. The van der Waals surface area contributed by atoms with Crippen molar-refractivity contribution in [3.63, 3.8) is 0 Å². The molecule has 144 valence electrons. The Morgan fingerprint density at radius 3 is 2.16 bits per heavy atom. The summed E-state index contributed by atoms with van der Waals surface area (Å²) in [5.41, 5.74) is 1.09. The van der Waals surface area contributed by atoms with Crippen LogP contribution in [0.1, 0.15) is 66.8 Å². The number of nitrogens with zero attached hydrogens (tertiary/aromatic N) is 1. The molecule has 0 bridgehead atoms. The number of sulfonamides is 1. The van der Waals surface area contributed by atoms with Crippen molar-refractivity contribution < 1.29 is 16.3 Å². The summed E-state index contributed by atoms with van der Waals surface area (Å²) in [6.07, 6.45) is 4.81. The number of hydrogen-bond acceptors (Lipinski definition) is 4. The van der Waals surface area contributed by atoms with Crippen molar-refractivity contribution in [2.24, 2.45) is 0 Å². The fourth-order valence-corrected chi connectivity index (χ4v) is 3.05. The van der Waals surface area contributed by atoms with Gasteiger partial charge in [-0.2, -0.15) is 0 Å². The average Bonchev–Trinajstić information content (AvgIpc) is 2.59. The van der Waals surface area contributed by atoms with E-state index in [0.717, 1.165) is 45.0 Å². The van der Waals surface area contributed by atoms with Crippen LogP contribution in [-0.2, 0) is 10.0 Å². The molecule has 0 aliphatic heterocycles. The van der Waals surface area contributed by atoms with Crippen LogP contribution in [0.15, 0.2) is 24.3 Å². The van der Waals surface area contributed by atoms with E-state index in [4.69, 9.17) is 2.74 Å². The highest BCUT2D eigenvalue weighted by atomic mass is 32.2. The molecule has 0 radical (unpaired) electrons. The van der Waals surface area contributed by atoms with E-state index in [2.05, 4.69) is 18.6 Å². The van der Waals surface area contributed by atoms with Crippen molar-refractivity contribution in [2.75, 3.05) is 30.6 Å². The number of hydrogen-bond donors (Lipinski definition) is 2. The summed E-state index contributed by atoms with van der Waals surface area (Å²) in [5, 5.41) is 10.4. The molecule has 0 aliphatic rings. The van der Waals surface area contributed by atoms with E-state index in [9.17, 15) is 13.5 Å². The zero-order valence-corrected chi connectivity index (χ0v) is 16.5. The van der Waals surface area contributed by atoms with Crippen LogP contribution < -0.4 is 4.72 Å². The first-order valence-electron chi connectivity index (χ1n) is 10.1. The third-order valence-corrected chi connectivity index (χ3v) is 4.52. The Kier molecular flexibility index (Phi) is 8.59. The first-order chi connectivity index (χ1) is 12.6. The molecular formula is C19H34N2O3S. The molecule has 0 saturated carbocycles. The monoisotopic (exact) mass is 374 g/mol. The fraction of sp³-hybridized carbons (Fsp3) is 0.684. The van der Waals surface area contributed by atoms with Crippen molar-refractivity contribution in [3.05, 3.63) is 29.8 Å². The normalized spacial score (nSPS) is 14.9. The van der Waals surface area contributed by atoms with Crippen LogP contribution in [0.3, 0.4) is 0 Å². The van der Waals surface area contributed by atoms with Crippen molar-refractivity contribution in [1.82, 2.24) is 4.90 Å². The average molecular weight is 375 g/mol. The number of aliphatic hydroxyl groups is 1. The SMILES string of the molecule is [3H]C([3H])(CC[C@H](O)c1ccc(NS(C)(=O)=O)cc1)N(CCCC)CCCC. The zero-order chi connectivity index (χ0) is 20.5. The molecule has 1 aromatic carbocycles. The molecule has 0 amide bonds. The lowest BCUT2D eigenvalue weighted by molar-refractivity contribution is 0.154. The van der Waals surface area contributed by atoms with Crippen molar-refractivity contribution in [2.45, 2.75) is 58.5 Å². The lowest BCUT2D eigenvalue weighted by Gasteiger charge is -2.22. The minimum atomic E-state index is -3.33. The summed E-state index contributed by atoms with van der Waals surface area (Å²) in [5.74, 6) is 0. The van der Waals surface area contributed by atoms with E-state index < -0.39 is 22.6 Å². The van der Waals surface area contributed by atoms with Gasteiger partial charge in [0.05, 0.1) is 12.4 Å². The van der Waals surface area contributed by atoms with E-state index in [1.165, 1.54) is 0 Å². The van der Waals surface area contributed by atoms with Gasteiger partial charge in [-0.25, -0.2) is 8.42 Å². The lowest BCUT2D eigenvalue weighted by Crippen LogP contribution is -2.27. The van der Waals surface area contributed by atoms with Gasteiger partial charge in [0.25, 0.3) is 0 Å². The van der Waals surface area contributed by atoms with E-state index >= 15 is 0 Å². The molecule has 1 atom stereocenters. The zero-order valence-electron chi connectivity index (χ0n) is 17.7. The fourth-order valence-electron chi connectivity index (χ4n) is 2.48. The van der Waals surface area contributed by atoms with Gasteiger partial charge >= 0.3 is 0 Å². The summed E-state index contributed by atoms with van der Waals surface area (Å²) < 4.78 is 41.7. The van der Waals surface area contributed by atoms with E-state index in [0.29, 0.717) is 17.7 Å². The number of aliphatic hydroxyl groups excluding tert-OH is 1. The van der Waals surface area contributed by atoms with Gasteiger partial charge in [-0.1, -0.05) is 38.8 Å². The van der Waals surface area contributed by atoms with Crippen LogP contribution >= 0.6 is 0 Å². The first kappa shape index (κ1) is 18.7. The summed E-state index contributed by atoms with van der Waals surface area (Å²) >= 11 is 0. The number of anilines is 1. The van der Waals surface area contributed by atoms with Gasteiger partial charge in [0.2, 0.25) is 10.0 Å². The minimum Gasteiger partial charge on any atom is -0.388 e. The van der Waals surface area contributed by atoms with Crippen LogP contribution in [0.2, 0.25) is 0 Å². The molecule has 0 aromatic heterocycles. The van der Waals surface area contributed by atoms with Crippen molar-refractivity contribution in [3.8, 4) is 0 Å². The van der Waals surface area contributed by atoms with Gasteiger partial charge in [-0.3, -0.25) is 4.72 Å². The second-order valence-corrected chi connectivity index (χ2v) is 8.15. The number of nitrogens with one attached hydrogen (secondary N) is 1. The van der Waals surface area contributed by atoms with Gasteiger partial charge in [-0.05, 0) is 63.0 Å². The third kappa shape index (κ3) is 9.82. The second kappa shape index (κ2) is 11.5. The van der Waals surface area contributed by atoms with Crippen LogP contribution in [0, 0.1) is 0 Å². The molecule has 0 unspecified atom stereocenters. The molecule has 0 heterocycles. The Hall–Kier alpha value is -1.11. The maximum atomic E-state index is 11.2. The van der Waals surface area contributed by atoms with Crippen LogP contribution in [0.4, 0.5) is 5.69 Å². The smallest absolute Gasteiger partial charge is 0.229 e. The van der Waals surface area contributed by atoms with Crippen LogP contribution in [-0.4, -0.2) is 44.3 Å². The molecule has 0 fully saturated rings. The number of unbranched alkanes of at least 4 members (excludes halogenated alkanes) is 2. The van der Waals surface area contributed by atoms with Crippen LogP contribution in [0.5, 0.6) is 0 Å². The summed E-state index contributed by atoms with van der Waals surface area (Å²) in [6.45, 7) is 4.19. The Labute approximate surface area is 156 Å². The largest absolute Gasteiger partial charge is 0.388 e. The van der Waals surface area contributed by atoms with Crippen molar-refractivity contribution in [1.29, 1.82) is 0 Å². The van der Waals surface area contributed by atoms with E-state index in [1.807, 2.05) is 4.90 Å². The molecule has 5 nitrogen and oxygen atoms in total. The van der Waals surface area contributed by atoms with Gasteiger partial charge in [-0.15, -0.1) is 0 Å².